The van der Waals surface area contributed by atoms with Crippen LogP contribution in [0.15, 0.2) is 51.4 Å². The van der Waals surface area contributed by atoms with Gasteiger partial charge in [0.15, 0.2) is 18.2 Å². The summed E-state index contributed by atoms with van der Waals surface area (Å²) in [6.07, 6.45) is 0. The predicted octanol–water partition coefficient (Wildman–Crippen LogP) is 4.34. The Bertz CT molecular complexity index is 614. The zero-order chi connectivity index (χ0) is 14.5. The molecule has 0 unspecified atom stereocenters. The Balaban J connectivity index is 1.90. The normalized spacial score (nSPS) is 10.2. The number of hydrogen-bond donors (Lipinski definition) is 0. The van der Waals surface area contributed by atoms with Gasteiger partial charge in [-0.1, -0.05) is 31.9 Å². The van der Waals surface area contributed by atoms with Crippen LogP contribution in [0.3, 0.4) is 0 Å². The molecule has 0 spiro atoms. The van der Waals surface area contributed by atoms with Crippen LogP contribution in [0.1, 0.15) is 0 Å². The van der Waals surface area contributed by atoms with Crippen molar-refractivity contribution in [3.05, 3.63) is 57.2 Å². The zero-order valence-electron chi connectivity index (χ0n) is 10.1. The van der Waals surface area contributed by atoms with Crippen molar-refractivity contribution in [2.75, 3.05) is 6.61 Å². The topological polar surface area (TPSA) is 35.5 Å². The van der Waals surface area contributed by atoms with Gasteiger partial charge in [0.05, 0.1) is 0 Å². The number of ether oxygens (including phenoxy) is 2. The highest BCUT2D eigenvalue weighted by molar-refractivity contribution is 9.10. The Morgan fingerprint density at radius 3 is 2.35 bits per heavy atom. The molecule has 0 aliphatic rings. The van der Waals surface area contributed by atoms with Crippen LogP contribution < -0.4 is 9.47 Å². The van der Waals surface area contributed by atoms with Gasteiger partial charge in [-0.15, -0.1) is 0 Å². The standard InChI is InChI=1S/C14H9Br2FO3/c15-9-1-4-11(5-2-9)19-8-14(18)20-13-6-3-10(16)7-12(13)17/h1-7H,8H2. The fourth-order valence-corrected chi connectivity index (χ4v) is 1.98. The molecule has 0 bridgehead atoms. The van der Waals surface area contributed by atoms with Crippen LogP contribution in [0.2, 0.25) is 0 Å². The van der Waals surface area contributed by atoms with Gasteiger partial charge >= 0.3 is 5.97 Å². The quantitative estimate of drug-likeness (QED) is 0.562. The Hall–Kier alpha value is -1.40. The third-order valence-corrected chi connectivity index (χ3v) is 3.31. The van der Waals surface area contributed by atoms with Crippen LogP contribution in [0.5, 0.6) is 11.5 Å². The lowest BCUT2D eigenvalue weighted by Gasteiger charge is -2.07. The Morgan fingerprint density at radius 1 is 1.05 bits per heavy atom. The van der Waals surface area contributed by atoms with E-state index >= 15 is 0 Å². The van der Waals surface area contributed by atoms with Crippen molar-refractivity contribution in [3.8, 4) is 11.5 Å². The minimum Gasteiger partial charge on any atom is -0.482 e. The van der Waals surface area contributed by atoms with E-state index in [-0.39, 0.29) is 12.4 Å². The molecule has 0 fully saturated rings. The van der Waals surface area contributed by atoms with Gasteiger partial charge in [-0.25, -0.2) is 9.18 Å². The number of carbonyl (C=O) groups excluding carboxylic acids is 1. The third-order valence-electron chi connectivity index (χ3n) is 2.29. The highest BCUT2D eigenvalue weighted by atomic mass is 79.9. The van der Waals surface area contributed by atoms with E-state index in [0.717, 1.165) is 4.47 Å². The fourth-order valence-electron chi connectivity index (χ4n) is 1.38. The largest absolute Gasteiger partial charge is 0.482 e. The summed E-state index contributed by atoms with van der Waals surface area (Å²) in [6, 6.07) is 11.2. The highest BCUT2D eigenvalue weighted by Crippen LogP contribution is 2.21. The molecule has 0 radical (unpaired) electrons. The van der Waals surface area contributed by atoms with E-state index < -0.39 is 11.8 Å². The first-order valence-electron chi connectivity index (χ1n) is 5.59. The summed E-state index contributed by atoms with van der Waals surface area (Å²) in [5.74, 6) is -0.885. The number of carbonyl (C=O) groups is 1. The summed E-state index contributed by atoms with van der Waals surface area (Å²) in [4.78, 5) is 11.6. The molecule has 104 valence electrons. The molecule has 0 aliphatic carbocycles. The molecule has 2 rings (SSSR count). The second-order valence-electron chi connectivity index (χ2n) is 3.79. The van der Waals surface area contributed by atoms with Gasteiger partial charge in [0.25, 0.3) is 0 Å². The van der Waals surface area contributed by atoms with Gasteiger partial charge in [0, 0.05) is 8.95 Å². The Morgan fingerprint density at radius 2 is 1.70 bits per heavy atom. The van der Waals surface area contributed by atoms with Crippen molar-refractivity contribution in [1.29, 1.82) is 0 Å². The van der Waals surface area contributed by atoms with Crippen molar-refractivity contribution in [2.45, 2.75) is 0 Å². The molecule has 0 saturated heterocycles. The van der Waals surface area contributed by atoms with Gasteiger partial charge < -0.3 is 9.47 Å². The summed E-state index contributed by atoms with van der Waals surface area (Å²) in [7, 11) is 0. The fraction of sp³-hybridized carbons (Fsp3) is 0.0714. The average Bonchev–Trinajstić information content (AvgIpc) is 2.41. The molecule has 0 aliphatic heterocycles. The van der Waals surface area contributed by atoms with Gasteiger partial charge in [-0.05, 0) is 42.5 Å². The maximum Gasteiger partial charge on any atom is 0.349 e. The third kappa shape index (κ3) is 4.31. The van der Waals surface area contributed by atoms with E-state index in [9.17, 15) is 9.18 Å². The molecule has 0 heterocycles. The second kappa shape index (κ2) is 6.85. The lowest BCUT2D eigenvalue weighted by Crippen LogP contribution is -2.18. The van der Waals surface area contributed by atoms with Gasteiger partial charge in [-0.2, -0.15) is 0 Å². The predicted molar refractivity (Wildman–Crippen MR) is 79.4 cm³/mol. The van der Waals surface area contributed by atoms with Crippen LogP contribution in [-0.4, -0.2) is 12.6 Å². The number of esters is 1. The first-order valence-corrected chi connectivity index (χ1v) is 7.17. The zero-order valence-corrected chi connectivity index (χ0v) is 13.3. The van der Waals surface area contributed by atoms with E-state index in [1.165, 1.54) is 12.1 Å². The van der Waals surface area contributed by atoms with Gasteiger partial charge in [-0.3, -0.25) is 0 Å². The molecule has 2 aromatic carbocycles. The first-order chi connectivity index (χ1) is 9.54. The molecule has 20 heavy (non-hydrogen) atoms. The van der Waals surface area contributed by atoms with E-state index in [1.54, 1.807) is 30.3 Å². The summed E-state index contributed by atoms with van der Waals surface area (Å²) in [5.41, 5.74) is 0. The molecule has 2 aromatic rings. The Labute approximate surface area is 132 Å². The minimum atomic E-state index is -0.672. The number of benzene rings is 2. The summed E-state index contributed by atoms with van der Waals surface area (Å²) in [5, 5.41) is 0. The van der Waals surface area contributed by atoms with E-state index in [0.29, 0.717) is 10.2 Å². The molecular weight excluding hydrogens is 395 g/mol. The first kappa shape index (κ1) is 15.0. The lowest BCUT2D eigenvalue weighted by molar-refractivity contribution is -0.136. The van der Waals surface area contributed by atoms with Gasteiger partial charge in [0.2, 0.25) is 0 Å². The van der Waals surface area contributed by atoms with Crippen LogP contribution in [-0.2, 0) is 4.79 Å². The molecule has 0 amide bonds. The summed E-state index contributed by atoms with van der Waals surface area (Å²) >= 11 is 6.41. The molecule has 0 atom stereocenters. The summed E-state index contributed by atoms with van der Waals surface area (Å²) < 4.78 is 25.1. The van der Waals surface area contributed by atoms with Crippen LogP contribution >= 0.6 is 31.9 Å². The monoisotopic (exact) mass is 402 g/mol. The Kier molecular flexibility index (Phi) is 5.14. The van der Waals surface area contributed by atoms with E-state index in [2.05, 4.69) is 31.9 Å². The van der Waals surface area contributed by atoms with Crippen molar-refractivity contribution < 1.29 is 18.7 Å². The maximum absolute atomic E-state index is 13.5. The molecule has 0 saturated carbocycles. The second-order valence-corrected chi connectivity index (χ2v) is 5.62. The van der Waals surface area contributed by atoms with Crippen molar-refractivity contribution in [3.63, 3.8) is 0 Å². The van der Waals surface area contributed by atoms with Crippen LogP contribution in [0.4, 0.5) is 4.39 Å². The molecule has 6 heteroatoms. The molecule has 0 N–H and O–H groups in total. The average molecular weight is 404 g/mol. The van der Waals surface area contributed by atoms with Crippen molar-refractivity contribution in [2.24, 2.45) is 0 Å². The highest BCUT2D eigenvalue weighted by Gasteiger charge is 2.10. The summed E-state index contributed by atoms with van der Waals surface area (Å²) in [6.45, 7) is -0.295. The van der Waals surface area contributed by atoms with Crippen molar-refractivity contribution in [1.82, 2.24) is 0 Å². The molecule has 0 aromatic heterocycles. The maximum atomic E-state index is 13.5. The van der Waals surface area contributed by atoms with Gasteiger partial charge in [0.1, 0.15) is 5.75 Å². The van der Waals surface area contributed by atoms with E-state index in [1.807, 2.05) is 0 Å². The number of hydrogen-bond acceptors (Lipinski definition) is 3. The minimum absolute atomic E-state index is 0.127. The smallest absolute Gasteiger partial charge is 0.349 e. The van der Waals surface area contributed by atoms with Crippen LogP contribution in [0.25, 0.3) is 0 Å². The van der Waals surface area contributed by atoms with Crippen LogP contribution in [0, 0.1) is 5.82 Å². The SMILES string of the molecule is O=C(COc1ccc(Br)cc1)Oc1ccc(Br)cc1F. The number of halogens is 3. The molecular formula is C14H9Br2FO3. The van der Waals surface area contributed by atoms with Crippen molar-refractivity contribution >= 4 is 37.8 Å². The number of rotatable bonds is 4. The lowest BCUT2D eigenvalue weighted by atomic mass is 10.3. The molecule has 3 nitrogen and oxygen atoms in total. The van der Waals surface area contributed by atoms with E-state index in [4.69, 9.17) is 9.47 Å².